The fourth-order valence-electron chi connectivity index (χ4n) is 10.2. The van der Waals surface area contributed by atoms with Gasteiger partial charge in [0.25, 0.3) is 17.7 Å². The SMILES string of the molecule is C/C=C1/NC(=O)C2Cc3ccc(O)c(c3)-c3nc[nH]c3C[C@H](NC(=O)[C@@H](CCC(N)=O)NC(=O)CNC(=O)[C@@H](C(O)CC(N)=O)NC1=O)C(=O)NC(C)[C@H](NC(=O)/C(=C\C)NC(=O)[C@@H](O)[C@@H](/C=C/C=C/CCCCCCC)O[C@H]1OC[C@@H](O)C(O)C1O)C(=O)NC([C@@H](C)O)C(=O)N2. The molecule has 1 fully saturated rings. The average molecular weight is 1370 g/mol. The number of aromatic hydroxyl groups is 1. The van der Waals surface area contributed by atoms with Gasteiger partial charge in [-0.05, 0) is 64.7 Å². The second-order valence-corrected chi connectivity index (χ2v) is 23.3. The number of allylic oxidation sites excluding steroid dienone is 5. The first kappa shape index (κ1) is 78.2. The summed E-state index contributed by atoms with van der Waals surface area (Å²) in [6.07, 6.45) is -3.03. The Morgan fingerprint density at radius 3 is 2.18 bits per heavy atom. The van der Waals surface area contributed by atoms with Gasteiger partial charge in [-0.15, -0.1) is 0 Å². The number of primary amides is 2. The van der Waals surface area contributed by atoms with Crippen LogP contribution in [0.15, 0.2) is 72.4 Å². The van der Waals surface area contributed by atoms with Crippen LogP contribution in [0.4, 0.5) is 0 Å². The summed E-state index contributed by atoms with van der Waals surface area (Å²) in [5.41, 5.74) is 9.41. The maximum Gasteiger partial charge on any atom is 0.268 e. The third kappa shape index (κ3) is 23.1. The number of phenolic OH excluding ortho intramolecular Hbond substituents is 1. The van der Waals surface area contributed by atoms with E-state index in [0.717, 1.165) is 64.4 Å². The van der Waals surface area contributed by atoms with Gasteiger partial charge in [0.2, 0.25) is 53.2 Å². The lowest BCUT2D eigenvalue weighted by Gasteiger charge is -2.36. The zero-order valence-electron chi connectivity index (χ0n) is 54.1. The molecule has 1 aromatic carbocycles. The Morgan fingerprint density at radius 2 is 1.51 bits per heavy atom. The van der Waals surface area contributed by atoms with Gasteiger partial charge in [0.15, 0.2) is 12.4 Å². The maximum absolute atomic E-state index is 15.0. The molecule has 15 atom stereocenters. The minimum absolute atomic E-state index is 0.00419. The molecule has 3 aliphatic rings. The van der Waals surface area contributed by atoms with E-state index in [1.165, 1.54) is 44.2 Å². The molecule has 2 aromatic rings. The lowest BCUT2D eigenvalue weighted by atomic mass is 9.97. The van der Waals surface area contributed by atoms with Crippen molar-refractivity contribution in [2.45, 2.75) is 197 Å². The van der Waals surface area contributed by atoms with E-state index in [2.05, 4.69) is 70.1 Å². The Morgan fingerprint density at radius 1 is 0.804 bits per heavy atom. The lowest BCUT2D eigenvalue weighted by Crippen LogP contribution is -2.64. The minimum atomic E-state index is -2.25. The summed E-state index contributed by atoms with van der Waals surface area (Å²) in [6.45, 7) is 5.26. The Labute approximate surface area is 556 Å². The van der Waals surface area contributed by atoms with Crippen molar-refractivity contribution in [3.63, 3.8) is 0 Å². The Balaban J connectivity index is 1.63. The molecule has 1 aromatic heterocycles. The van der Waals surface area contributed by atoms with Gasteiger partial charge in [-0.25, -0.2) is 4.98 Å². The molecule has 12 amide bonds. The van der Waals surface area contributed by atoms with Crippen molar-refractivity contribution in [2.75, 3.05) is 13.2 Å². The molecule has 0 spiro atoms. The number of nitrogens with zero attached hydrogens (tertiary/aromatic N) is 1. The summed E-state index contributed by atoms with van der Waals surface area (Å²) in [5.74, 6) is -15.2. The first-order valence-corrected chi connectivity index (χ1v) is 31.4. The van der Waals surface area contributed by atoms with E-state index in [-0.39, 0.29) is 22.5 Å². The van der Waals surface area contributed by atoms with Crippen molar-refractivity contribution < 1.29 is 103 Å². The van der Waals surface area contributed by atoms with Gasteiger partial charge in [0.1, 0.15) is 77.8 Å². The highest BCUT2D eigenvalue weighted by Crippen LogP contribution is 2.32. The van der Waals surface area contributed by atoms with Crippen LogP contribution >= 0.6 is 0 Å². The molecule has 97 heavy (non-hydrogen) atoms. The Bertz CT molecular complexity index is 3300. The van der Waals surface area contributed by atoms with Crippen molar-refractivity contribution in [3.05, 3.63) is 83.6 Å². The number of aromatic nitrogens is 2. The highest BCUT2D eigenvalue weighted by Gasteiger charge is 2.43. The first-order chi connectivity index (χ1) is 46.0. The molecule has 0 aliphatic carbocycles. The normalized spacial score (nSPS) is 26.3. The molecule has 4 heterocycles. The predicted octanol–water partition coefficient (Wildman–Crippen LogP) is -6.00. The van der Waals surface area contributed by atoms with E-state index in [9.17, 15) is 93.3 Å². The molecular formula is C62H88N14O21. The topological polar surface area (TPSA) is 566 Å². The molecule has 5 rings (SSSR count). The number of hydrogen-bond acceptors (Lipinski definition) is 22. The van der Waals surface area contributed by atoms with Crippen molar-refractivity contribution in [1.29, 1.82) is 0 Å². The number of fused-ring (bicyclic) bond motifs is 2. The van der Waals surface area contributed by atoms with E-state index in [0.29, 0.717) is 6.42 Å². The summed E-state index contributed by atoms with van der Waals surface area (Å²) < 4.78 is 11.1. The molecule has 22 N–H and O–H groups in total. The highest BCUT2D eigenvalue weighted by molar-refractivity contribution is 6.04. The fraction of sp³-hybridized carbons (Fsp3) is 0.532. The number of phenols is 1. The van der Waals surface area contributed by atoms with E-state index in [4.69, 9.17) is 20.9 Å². The quantitative estimate of drug-likeness (QED) is 0.0296. The number of aliphatic hydroxyl groups excluding tert-OH is 6. The number of carbonyl (C=O) groups is 12. The highest BCUT2D eigenvalue weighted by atomic mass is 16.7. The summed E-state index contributed by atoms with van der Waals surface area (Å²) in [7, 11) is 0. The van der Waals surface area contributed by atoms with Gasteiger partial charge >= 0.3 is 0 Å². The van der Waals surface area contributed by atoms with E-state index in [1.54, 1.807) is 6.08 Å². The molecule has 0 saturated carbocycles. The number of hydrogen-bond donors (Lipinski definition) is 20. The Hall–Kier alpha value is -9.49. The maximum atomic E-state index is 15.0. The van der Waals surface area contributed by atoms with Crippen LogP contribution in [0.25, 0.3) is 11.3 Å². The second kappa shape index (κ2) is 37.7. The minimum Gasteiger partial charge on any atom is -0.507 e. The number of aliphatic hydroxyl groups is 6. The summed E-state index contributed by atoms with van der Waals surface area (Å²) in [6, 6.07) is -9.64. The molecule has 6 unspecified atom stereocenters. The number of amides is 12. The van der Waals surface area contributed by atoms with Gasteiger partial charge in [-0.3, -0.25) is 57.5 Å². The number of ether oxygens (including phenoxy) is 2. The van der Waals surface area contributed by atoms with E-state index in [1.807, 2.05) is 6.08 Å². The number of rotatable bonds is 22. The van der Waals surface area contributed by atoms with Gasteiger partial charge < -0.3 is 115 Å². The molecule has 0 radical (unpaired) electrons. The first-order valence-electron chi connectivity index (χ1n) is 31.4. The van der Waals surface area contributed by atoms with E-state index >= 15 is 0 Å². The fourth-order valence-corrected chi connectivity index (χ4v) is 10.2. The van der Waals surface area contributed by atoms with E-state index < -0.39 is 225 Å². The number of nitrogens with two attached hydrogens (primary N) is 2. The van der Waals surface area contributed by atoms with Gasteiger partial charge in [-0.2, -0.15) is 0 Å². The monoisotopic (exact) mass is 1360 g/mol. The number of aromatic amines is 1. The van der Waals surface area contributed by atoms with Crippen molar-refractivity contribution in [1.82, 2.24) is 63.1 Å². The standard InChI is InChI=1S/C62H88N14O21/c1-6-9-10-11-12-13-14-15-16-17-42(97-62-52(86)50(84)41(80)27-96-62)51(85)61(95)71-34(8-3)53(87)74-46-29(4)68-56(90)38-24-36-48(67-28-66-36)32-22-31(18-20-39(32)78)23-37(73-60(94)47(30(5)77)75-59(46)93)57(91)70-33(7-2)54(88)76-49(40(79)25-44(64)82)58(92)65-26-45(83)69-35(55(89)72-38)19-21-43(63)81/h7-8,14-18,20,22,28-30,35,37-38,40-42,46-47,49-52,62,77-80,84-86H,6,9-13,19,21,23-27H2,1-5H3,(H2,63,81)(H2,64,82)(H,65,92)(H,66,67)(H,68,90)(H,69,83)(H,70,91)(H,71,95)(H,72,89)(H,73,94)(H,74,87)(H,75,93)(H,76,88)/b15-14+,17-16+,33-7+,34-8+/t29?,30-,35-,37?,38+,40?,41-,42-,46+,47?,49-,50?,51+,52?,62-/m1/s1. The van der Waals surface area contributed by atoms with Crippen LogP contribution in [-0.4, -0.2) is 221 Å². The van der Waals surface area contributed by atoms with Crippen LogP contribution in [0.2, 0.25) is 0 Å². The van der Waals surface area contributed by atoms with Gasteiger partial charge in [0, 0.05) is 30.5 Å². The zero-order valence-corrected chi connectivity index (χ0v) is 54.1. The zero-order chi connectivity index (χ0) is 71.8. The number of unbranched alkanes of at least 4 members (excludes halogenated alkanes) is 5. The van der Waals surface area contributed by atoms with Gasteiger partial charge in [-0.1, -0.05) is 75.1 Å². The van der Waals surface area contributed by atoms with Crippen LogP contribution < -0.4 is 64.6 Å². The van der Waals surface area contributed by atoms with Crippen molar-refractivity contribution >= 4 is 70.9 Å². The van der Waals surface area contributed by atoms with Crippen LogP contribution in [0.5, 0.6) is 5.75 Å². The largest absolute Gasteiger partial charge is 0.507 e. The molecule has 4 bridgehead atoms. The molecule has 532 valence electrons. The second-order valence-electron chi connectivity index (χ2n) is 23.3. The predicted molar refractivity (Wildman–Crippen MR) is 339 cm³/mol. The smallest absolute Gasteiger partial charge is 0.268 e. The molecule has 1 saturated heterocycles. The molecule has 3 aliphatic heterocycles. The number of nitrogens with one attached hydrogen (secondary N) is 11. The number of H-pyrrole nitrogens is 1. The summed E-state index contributed by atoms with van der Waals surface area (Å²) >= 11 is 0. The number of benzene rings is 1. The number of carbonyl (C=O) groups excluding carboxylic acids is 12. The summed E-state index contributed by atoms with van der Waals surface area (Å²) in [5, 5.41) is 99.7. The van der Waals surface area contributed by atoms with Crippen molar-refractivity contribution in [3.8, 4) is 17.0 Å². The van der Waals surface area contributed by atoms with Crippen LogP contribution in [0, 0.1) is 0 Å². The summed E-state index contributed by atoms with van der Waals surface area (Å²) in [4.78, 5) is 175. The van der Waals surface area contributed by atoms with Gasteiger partial charge in [0.05, 0.1) is 49.8 Å². The lowest BCUT2D eigenvalue weighted by molar-refractivity contribution is -0.283. The van der Waals surface area contributed by atoms with Crippen LogP contribution in [0.1, 0.15) is 104 Å². The number of imidazole rings is 1. The Kier molecular flexibility index (Phi) is 30.4. The molecule has 35 heteroatoms. The molecular weight excluding hydrogens is 1280 g/mol. The third-order valence-electron chi connectivity index (χ3n) is 15.7. The average Bonchev–Trinajstić information content (AvgIpc) is 1.80. The third-order valence-corrected chi connectivity index (χ3v) is 15.7. The van der Waals surface area contributed by atoms with Crippen molar-refractivity contribution in [2.24, 2.45) is 11.5 Å². The molecule has 35 nitrogen and oxygen atoms in total. The van der Waals surface area contributed by atoms with Crippen LogP contribution in [-0.2, 0) is 79.8 Å². The van der Waals surface area contributed by atoms with Crippen LogP contribution in [0.3, 0.4) is 0 Å².